The normalized spacial score (nSPS) is 28.9. The van der Waals surface area contributed by atoms with E-state index in [0.717, 1.165) is 112 Å². The minimum Gasteiger partial charge on any atom is -0.393 e. The molecule has 2 bridgehead atoms. The first-order valence-corrected chi connectivity index (χ1v) is 20.5. The van der Waals surface area contributed by atoms with Crippen LogP contribution in [-0.4, -0.2) is 70.2 Å². The Bertz CT molecular complexity index is 1690. The van der Waals surface area contributed by atoms with Crippen LogP contribution in [0, 0.1) is 11.3 Å². The monoisotopic (exact) mass is 722 g/mol. The van der Waals surface area contributed by atoms with Gasteiger partial charge < -0.3 is 10.2 Å². The van der Waals surface area contributed by atoms with Gasteiger partial charge in [0, 0.05) is 54.6 Å². The second kappa shape index (κ2) is 16.3. The molecule has 1 aliphatic heterocycles. The minimum absolute atomic E-state index is 0.0764. The molecule has 5 nitrogen and oxygen atoms in total. The molecule has 0 aromatic heterocycles. The maximum Gasteiger partial charge on any atom is 0.166 e. The van der Waals surface area contributed by atoms with Crippen molar-refractivity contribution in [3.8, 4) is 0 Å². The van der Waals surface area contributed by atoms with Gasteiger partial charge in [0.05, 0.1) is 17.7 Å². The molecule has 3 aromatic carbocycles. The molecule has 0 spiro atoms. The number of nitrogens with zero attached hydrogens (tertiary/aromatic N) is 2. The van der Waals surface area contributed by atoms with Gasteiger partial charge in [0.25, 0.3) is 0 Å². The molecule has 52 heavy (non-hydrogen) atoms. The van der Waals surface area contributed by atoms with Gasteiger partial charge >= 0.3 is 0 Å². The number of ketones is 1. The molecule has 5 atom stereocenters. The smallest absolute Gasteiger partial charge is 0.166 e. The van der Waals surface area contributed by atoms with Gasteiger partial charge in [-0.1, -0.05) is 104 Å². The second-order valence-corrected chi connectivity index (χ2v) is 17.3. The largest absolute Gasteiger partial charge is 0.393 e. The molecular formula is C46H59ClN2O3. The van der Waals surface area contributed by atoms with Crippen molar-refractivity contribution >= 4 is 17.4 Å². The van der Waals surface area contributed by atoms with Crippen LogP contribution in [0.1, 0.15) is 129 Å². The van der Waals surface area contributed by atoms with Gasteiger partial charge in [-0.2, -0.15) is 0 Å². The molecule has 0 amide bonds. The highest BCUT2D eigenvalue weighted by atomic mass is 35.5. The number of fused-ring (bicyclic) bond motifs is 8. The molecule has 3 fully saturated rings. The summed E-state index contributed by atoms with van der Waals surface area (Å²) in [5, 5.41) is 24.7. The van der Waals surface area contributed by atoms with E-state index in [1.54, 1.807) is 0 Å². The average molecular weight is 723 g/mol. The van der Waals surface area contributed by atoms with Crippen molar-refractivity contribution < 1.29 is 15.0 Å². The Morgan fingerprint density at radius 2 is 1.60 bits per heavy atom. The van der Waals surface area contributed by atoms with E-state index in [9.17, 15) is 15.0 Å². The first-order chi connectivity index (χ1) is 25.1. The van der Waals surface area contributed by atoms with Crippen molar-refractivity contribution in [2.75, 3.05) is 32.7 Å². The SMILES string of the molecule is CC1=CCCC2(C)C(CCC2(O)CN2CCN(C(c3ccccc3)c3ccc(Cl)cc3)CC2)c2ccc(cc2C(=O)C2CCCCC2)CC(O)CC1. The Balaban J connectivity index is 1.16. The molecule has 2 saturated carbocycles. The average Bonchev–Trinajstić information content (AvgIpc) is 3.41. The Morgan fingerprint density at radius 3 is 2.33 bits per heavy atom. The van der Waals surface area contributed by atoms with E-state index in [1.165, 1.54) is 23.1 Å². The molecule has 4 aliphatic carbocycles. The van der Waals surface area contributed by atoms with Crippen LogP contribution in [0.15, 0.2) is 84.4 Å². The zero-order chi connectivity index (χ0) is 36.3. The molecule has 2 N–H and O–H groups in total. The van der Waals surface area contributed by atoms with Crippen LogP contribution >= 0.6 is 11.6 Å². The van der Waals surface area contributed by atoms with Crippen molar-refractivity contribution in [3.05, 3.63) is 117 Å². The van der Waals surface area contributed by atoms with E-state index in [0.29, 0.717) is 13.0 Å². The van der Waals surface area contributed by atoms with Gasteiger partial charge in [0.15, 0.2) is 5.78 Å². The lowest BCUT2D eigenvalue weighted by Crippen LogP contribution is -2.56. The minimum atomic E-state index is -0.881. The van der Waals surface area contributed by atoms with E-state index < -0.39 is 17.1 Å². The lowest BCUT2D eigenvalue weighted by Gasteiger charge is -2.48. The Kier molecular flexibility index (Phi) is 11.7. The molecule has 278 valence electrons. The van der Waals surface area contributed by atoms with E-state index >= 15 is 0 Å². The summed E-state index contributed by atoms with van der Waals surface area (Å²) in [5.74, 6) is 0.452. The number of Topliss-reactive ketones (excluding diaryl/α,β-unsaturated/α-hetero) is 1. The second-order valence-electron chi connectivity index (χ2n) is 16.8. The number of piperazine rings is 1. The Morgan fingerprint density at radius 1 is 0.885 bits per heavy atom. The molecule has 1 heterocycles. The number of allylic oxidation sites excluding steroid dienone is 2. The van der Waals surface area contributed by atoms with Crippen LogP contribution in [0.2, 0.25) is 5.02 Å². The molecular weight excluding hydrogens is 664 g/mol. The topological polar surface area (TPSA) is 64.0 Å². The maximum absolute atomic E-state index is 14.4. The lowest BCUT2D eigenvalue weighted by molar-refractivity contribution is -0.0894. The number of benzene rings is 3. The molecule has 6 heteroatoms. The first-order valence-electron chi connectivity index (χ1n) is 20.1. The number of rotatable bonds is 7. The van der Waals surface area contributed by atoms with Crippen molar-refractivity contribution in [1.29, 1.82) is 0 Å². The maximum atomic E-state index is 14.4. The molecule has 3 aromatic rings. The van der Waals surface area contributed by atoms with Crippen molar-refractivity contribution in [2.24, 2.45) is 11.3 Å². The van der Waals surface area contributed by atoms with Crippen LogP contribution in [0.3, 0.4) is 0 Å². The number of aliphatic hydroxyl groups excluding tert-OH is 1. The summed E-state index contributed by atoms with van der Waals surface area (Å²) in [7, 11) is 0. The third-order valence-corrected chi connectivity index (χ3v) is 13.7. The predicted octanol–water partition coefficient (Wildman–Crippen LogP) is 9.55. The van der Waals surface area contributed by atoms with Crippen molar-refractivity contribution in [2.45, 2.75) is 115 Å². The molecule has 0 radical (unpaired) electrons. The number of carbonyl (C=O) groups excluding carboxylic acids is 1. The van der Waals surface area contributed by atoms with Gasteiger partial charge in [0.1, 0.15) is 0 Å². The highest BCUT2D eigenvalue weighted by molar-refractivity contribution is 6.30. The van der Waals surface area contributed by atoms with Gasteiger partial charge in [-0.3, -0.25) is 14.6 Å². The van der Waals surface area contributed by atoms with E-state index in [2.05, 4.69) is 90.4 Å². The number of hydrogen-bond acceptors (Lipinski definition) is 5. The Labute approximate surface area is 317 Å². The fourth-order valence-electron chi connectivity index (χ4n) is 10.2. The van der Waals surface area contributed by atoms with Crippen LogP contribution in [0.5, 0.6) is 0 Å². The van der Waals surface area contributed by atoms with Gasteiger partial charge in [0.2, 0.25) is 0 Å². The third-order valence-electron chi connectivity index (χ3n) is 13.5. The Hall–Kier alpha value is -2.80. The van der Waals surface area contributed by atoms with Gasteiger partial charge in [-0.05, 0) is 111 Å². The van der Waals surface area contributed by atoms with Crippen molar-refractivity contribution in [3.63, 3.8) is 0 Å². The number of carbonyl (C=O) groups is 1. The molecule has 5 aliphatic rings. The van der Waals surface area contributed by atoms with Crippen LogP contribution in [0.4, 0.5) is 0 Å². The zero-order valence-corrected chi connectivity index (χ0v) is 32.2. The van der Waals surface area contributed by atoms with E-state index in [4.69, 9.17) is 11.6 Å². The predicted molar refractivity (Wildman–Crippen MR) is 212 cm³/mol. The zero-order valence-electron chi connectivity index (χ0n) is 31.4. The van der Waals surface area contributed by atoms with E-state index in [-0.39, 0.29) is 23.7 Å². The quantitative estimate of drug-likeness (QED) is 0.188. The molecule has 8 rings (SSSR count). The summed E-state index contributed by atoms with van der Waals surface area (Å²) >= 11 is 6.30. The van der Waals surface area contributed by atoms with Crippen LogP contribution < -0.4 is 0 Å². The first kappa shape index (κ1) is 37.5. The standard InChI is InChI=1S/C46H59ClN2O3/c1-33-10-9-24-45(2)42(40-22-16-34(30-39(50)21-15-33)31-41(40)44(51)37-13-7-4-8-14-37)23-25-46(45,52)32-48-26-28-49(29-27-48)43(35-11-5-3-6-12-35)36-17-19-38(47)20-18-36/h3,5-6,10-12,16-20,22,31,37,39,42-43,50,52H,4,7-9,13-15,21,23-30,32H2,1-2H3. The summed E-state index contributed by atoms with van der Waals surface area (Å²) in [6.07, 6.45) is 12.8. The lowest BCUT2D eigenvalue weighted by atomic mass is 9.64. The summed E-state index contributed by atoms with van der Waals surface area (Å²) in [5.41, 5.74) is 5.60. The number of aliphatic hydroxyl groups is 2. The third kappa shape index (κ3) is 8.00. The number of halogens is 1. The van der Waals surface area contributed by atoms with Crippen LogP contribution in [-0.2, 0) is 6.42 Å². The molecule has 5 unspecified atom stereocenters. The van der Waals surface area contributed by atoms with Crippen molar-refractivity contribution in [1.82, 2.24) is 9.80 Å². The summed E-state index contributed by atoms with van der Waals surface area (Å²) in [6.45, 7) is 8.75. The highest BCUT2D eigenvalue weighted by Crippen LogP contribution is 2.59. The number of β-amino-alcohol motifs (C(OH)–C–C–N with tert-alkyl or cyclic N) is 1. The van der Waals surface area contributed by atoms with E-state index in [1.807, 2.05) is 12.1 Å². The fraction of sp³-hybridized carbons (Fsp3) is 0.543. The summed E-state index contributed by atoms with van der Waals surface area (Å²) in [6, 6.07) is 25.7. The fourth-order valence-corrected chi connectivity index (χ4v) is 10.4. The highest BCUT2D eigenvalue weighted by Gasteiger charge is 2.57. The molecule has 1 saturated heterocycles. The van der Waals surface area contributed by atoms with Gasteiger partial charge in [-0.25, -0.2) is 0 Å². The summed E-state index contributed by atoms with van der Waals surface area (Å²) < 4.78 is 0. The van der Waals surface area contributed by atoms with Crippen LogP contribution in [0.25, 0.3) is 0 Å². The summed E-state index contributed by atoms with van der Waals surface area (Å²) in [4.78, 5) is 19.5. The number of hydrogen-bond donors (Lipinski definition) is 2. The van der Waals surface area contributed by atoms with Gasteiger partial charge in [-0.15, -0.1) is 0 Å².